The average molecular weight is 220 g/mol. The van der Waals surface area contributed by atoms with Crippen LogP contribution < -0.4 is 0 Å². The molecule has 0 aliphatic rings. The Morgan fingerprint density at radius 3 is 2.88 bits per heavy atom. The topological polar surface area (TPSA) is 26.3 Å². The maximum Gasteiger partial charge on any atom is 0.306 e. The van der Waals surface area contributed by atoms with Crippen molar-refractivity contribution in [2.24, 2.45) is 0 Å². The molecule has 0 spiro atoms. The molecule has 0 saturated heterocycles. The van der Waals surface area contributed by atoms with Gasteiger partial charge in [0.15, 0.2) is 6.61 Å². The van der Waals surface area contributed by atoms with E-state index in [0.717, 1.165) is 0 Å². The molecule has 0 saturated carbocycles. The van der Waals surface area contributed by atoms with Gasteiger partial charge in [-0.2, -0.15) is 0 Å². The van der Waals surface area contributed by atoms with Gasteiger partial charge >= 0.3 is 5.97 Å². The molecule has 1 rings (SSSR count). The number of benzene rings is 1. The lowest BCUT2D eigenvalue weighted by Crippen LogP contribution is -2.01. The molecule has 0 aliphatic heterocycles. The fraction of sp³-hybridized carbons (Fsp3) is 0.308. The molecule has 0 N–H and O–H groups in total. The standard InChI is InChI=1S/C13H13FO2/c1-3-13(15)16-8-4-5-11-6-7-12(14)10(2)9-11/h6-7,9H,3,8H2,1-2H3. The highest BCUT2D eigenvalue weighted by Gasteiger charge is 1.96. The monoisotopic (exact) mass is 220 g/mol. The molecular weight excluding hydrogens is 207 g/mol. The Balaban J connectivity index is 2.56. The number of hydrogen-bond acceptors (Lipinski definition) is 2. The zero-order valence-corrected chi connectivity index (χ0v) is 9.34. The van der Waals surface area contributed by atoms with Crippen LogP contribution in [0.1, 0.15) is 24.5 Å². The van der Waals surface area contributed by atoms with Gasteiger partial charge in [-0.3, -0.25) is 4.79 Å². The van der Waals surface area contributed by atoms with Gasteiger partial charge in [0.1, 0.15) is 5.82 Å². The molecule has 0 amide bonds. The molecule has 1 aromatic rings. The van der Waals surface area contributed by atoms with Gasteiger partial charge in [-0.05, 0) is 30.7 Å². The van der Waals surface area contributed by atoms with E-state index in [0.29, 0.717) is 17.5 Å². The van der Waals surface area contributed by atoms with Gasteiger partial charge in [-0.15, -0.1) is 0 Å². The first kappa shape index (κ1) is 12.3. The van der Waals surface area contributed by atoms with E-state index in [1.807, 2.05) is 0 Å². The van der Waals surface area contributed by atoms with E-state index in [-0.39, 0.29) is 18.4 Å². The van der Waals surface area contributed by atoms with Crippen LogP contribution in [-0.2, 0) is 9.53 Å². The summed E-state index contributed by atoms with van der Waals surface area (Å²) in [5.74, 6) is 4.98. The van der Waals surface area contributed by atoms with Crippen LogP contribution in [0.2, 0.25) is 0 Å². The lowest BCUT2D eigenvalue weighted by atomic mass is 10.1. The lowest BCUT2D eigenvalue weighted by Gasteiger charge is -1.97. The Bertz CT molecular complexity index is 441. The number of carbonyl (C=O) groups excluding carboxylic acids is 1. The zero-order valence-electron chi connectivity index (χ0n) is 9.34. The van der Waals surface area contributed by atoms with Crippen LogP contribution in [-0.4, -0.2) is 12.6 Å². The molecule has 0 aliphatic carbocycles. The third-order valence-electron chi connectivity index (χ3n) is 1.98. The highest BCUT2D eigenvalue weighted by Crippen LogP contribution is 2.07. The summed E-state index contributed by atoms with van der Waals surface area (Å²) in [6, 6.07) is 4.62. The number of halogens is 1. The number of aryl methyl sites for hydroxylation is 1. The van der Waals surface area contributed by atoms with Gasteiger partial charge in [0, 0.05) is 12.0 Å². The molecule has 0 heterocycles. The summed E-state index contributed by atoms with van der Waals surface area (Å²) in [6.07, 6.45) is 0.345. The minimum atomic E-state index is -0.274. The third-order valence-corrected chi connectivity index (χ3v) is 1.98. The molecule has 0 radical (unpaired) electrons. The van der Waals surface area contributed by atoms with Gasteiger partial charge in [0.25, 0.3) is 0 Å². The first-order valence-corrected chi connectivity index (χ1v) is 5.04. The second-order valence-electron chi connectivity index (χ2n) is 3.28. The van der Waals surface area contributed by atoms with E-state index in [4.69, 9.17) is 4.74 Å². The van der Waals surface area contributed by atoms with Crippen LogP contribution in [0.5, 0.6) is 0 Å². The smallest absolute Gasteiger partial charge is 0.306 e. The molecule has 0 atom stereocenters. The molecule has 16 heavy (non-hydrogen) atoms. The number of hydrogen-bond donors (Lipinski definition) is 0. The highest BCUT2D eigenvalue weighted by molar-refractivity contribution is 5.69. The number of ether oxygens (including phenoxy) is 1. The maximum atomic E-state index is 12.9. The predicted molar refractivity (Wildman–Crippen MR) is 59.3 cm³/mol. The average Bonchev–Trinajstić information content (AvgIpc) is 2.28. The van der Waals surface area contributed by atoms with Crippen LogP contribution in [0.15, 0.2) is 18.2 Å². The van der Waals surface area contributed by atoms with Gasteiger partial charge in [0.05, 0.1) is 0 Å². The Hall–Kier alpha value is -1.82. The molecule has 0 aromatic heterocycles. The van der Waals surface area contributed by atoms with Crippen LogP contribution >= 0.6 is 0 Å². The Morgan fingerprint density at radius 2 is 2.25 bits per heavy atom. The maximum absolute atomic E-state index is 12.9. The van der Waals surface area contributed by atoms with Crippen molar-refractivity contribution >= 4 is 5.97 Å². The number of esters is 1. The summed E-state index contributed by atoms with van der Waals surface area (Å²) in [5, 5.41) is 0. The Kier molecular flexibility index (Phi) is 4.53. The van der Waals surface area contributed by atoms with Gasteiger partial charge in [-0.25, -0.2) is 4.39 Å². The van der Waals surface area contributed by atoms with Gasteiger partial charge < -0.3 is 4.74 Å². The number of carbonyl (C=O) groups is 1. The van der Waals surface area contributed by atoms with Crippen molar-refractivity contribution in [2.75, 3.05) is 6.61 Å². The largest absolute Gasteiger partial charge is 0.452 e. The van der Waals surface area contributed by atoms with E-state index < -0.39 is 0 Å². The van der Waals surface area contributed by atoms with Crippen molar-refractivity contribution < 1.29 is 13.9 Å². The molecule has 0 bridgehead atoms. The van der Waals surface area contributed by atoms with E-state index in [1.54, 1.807) is 26.0 Å². The Labute approximate surface area is 94.4 Å². The summed E-state index contributed by atoms with van der Waals surface area (Å²) < 4.78 is 17.7. The van der Waals surface area contributed by atoms with Crippen molar-refractivity contribution in [2.45, 2.75) is 20.3 Å². The molecule has 0 fully saturated rings. The van der Waals surface area contributed by atoms with Crippen molar-refractivity contribution in [3.63, 3.8) is 0 Å². The second kappa shape index (κ2) is 5.92. The summed E-state index contributed by atoms with van der Waals surface area (Å²) in [7, 11) is 0. The van der Waals surface area contributed by atoms with E-state index >= 15 is 0 Å². The van der Waals surface area contributed by atoms with E-state index in [1.165, 1.54) is 6.07 Å². The molecule has 2 nitrogen and oxygen atoms in total. The summed E-state index contributed by atoms with van der Waals surface area (Å²) in [5.41, 5.74) is 1.27. The fourth-order valence-electron chi connectivity index (χ4n) is 1.08. The molecule has 1 aromatic carbocycles. The van der Waals surface area contributed by atoms with E-state index in [9.17, 15) is 9.18 Å². The molecule has 0 unspecified atom stereocenters. The van der Waals surface area contributed by atoms with Crippen molar-refractivity contribution in [3.8, 4) is 11.8 Å². The second-order valence-corrected chi connectivity index (χ2v) is 3.28. The van der Waals surface area contributed by atoms with Gasteiger partial charge in [-0.1, -0.05) is 18.8 Å². The van der Waals surface area contributed by atoms with Crippen molar-refractivity contribution in [1.29, 1.82) is 0 Å². The zero-order chi connectivity index (χ0) is 12.0. The predicted octanol–water partition coefficient (Wildman–Crippen LogP) is 2.44. The van der Waals surface area contributed by atoms with Crippen LogP contribution in [0, 0.1) is 24.6 Å². The van der Waals surface area contributed by atoms with Crippen LogP contribution in [0.4, 0.5) is 4.39 Å². The molecule has 3 heteroatoms. The quantitative estimate of drug-likeness (QED) is 0.565. The lowest BCUT2D eigenvalue weighted by molar-refractivity contribution is -0.141. The summed E-state index contributed by atoms with van der Waals surface area (Å²) >= 11 is 0. The Morgan fingerprint density at radius 1 is 1.50 bits per heavy atom. The fourth-order valence-corrected chi connectivity index (χ4v) is 1.08. The first-order valence-electron chi connectivity index (χ1n) is 5.04. The van der Waals surface area contributed by atoms with Crippen LogP contribution in [0.3, 0.4) is 0 Å². The SMILES string of the molecule is CCC(=O)OCC#Cc1ccc(F)c(C)c1. The molecule has 84 valence electrons. The summed E-state index contributed by atoms with van der Waals surface area (Å²) in [6.45, 7) is 3.47. The van der Waals surface area contributed by atoms with Crippen molar-refractivity contribution in [1.82, 2.24) is 0 Å². The third kappa shape index (κ3) is 3.74. The van der Waals surface area contributed by atoms with E-state index in [2.05, 4.69) is 11.8 Å². The highest BCUT2D eigenvalue weighted by atomic mass is 19.1. The van der Waals surface area contributed by atoms with Gasteiger partial charge in [0.2, 0.25) is 0 Å². The van der Waals surface area contributed by atoms with Crippen molar-refractivity contribution in [3.05, 3.63) is 35.1 Å². The van der Waals surface area contributed by atoms with Crippen LogP contribution in [0.25, 0.3) is 0 Å². The summed E-state index contributed by atoms with van der Waals surface area (Å²) in [4.78, 5) is 10.8. The minimum Gasteiger partial charge on any atom is -0.452 e. The molecular formula is C13H13FO2. The minimum absolute atomic E-state index is 0.0725. The number of rotatable bonds is 2. The first-order chi connectivity index (χ1) is 7.63. The normalized spacial score (nSPS) is 9.19.